The molecule has 4 aliphatic rings. The van der Waals surface area contributed by atoms with E-state index in [1.807, 2.05) is 0 Å². The quantitative estimate of drug-likeness (QED) is 0.329. The van der Waals surface area contributed by atoms with Gasteiger partial charge in [0.1, 0.15) is 5.78 Å². The van der Waals surface area contributed by atoms with Gasteiger partial charge in [-0.25, -0.2) is 8.42 Å². The number of Topliss-reactive ketones (excluding diaryl/α,β-unsaturated/α-hetero) is 1. The Morgan fingerprint density at radius 3 is 2.26 bits per heavy atom. The minimum Gasteiger partial charge on any atom is -0.743 e. The molecule has 0 saturated heterocycles. The van der Waals surface area contributed by atoms with E-state index in [0.29, 0.717) is 6.42 Å². The molecule has 0 N–H and O–H groups in total. The van der Waals surface area contributed by atoms with Crippen molar-refractivity contribution >= 4 is 21.9 Å². The molecule has 2 atom stereocenters. The summed E-state index contributed by atoms with van der Waals surface area (Å²) < 4.78 is 61.9. The molecule has 0 heterocycles. The number of ether oxygens (including phenoxy) is 1. The fraction of sp³-hybridized carbons (Fsp3) is 0.846. The SMILES string of the molecule is O=C1C2CC3CC1CC(C(=O)OCC(F)(F)S(=O)(=O)[O-])(C3)C2.[Na+]. The van der Waals surface area contributed by atoms with E-state index in [1.165, 1.54) is 0 Å². The third-order valence-corrected chi connectivity index (χ3v) is 6.01. The normalized spacial score (nSPS) is 35.8. The summed E-state index contributed by atoms with van der Waals surface area (Å²) in [7, 11) is -5.88. The van der Waals surface area contributed by atoms with Gasteiger partial charge in [-0.3, -0.25) is 9.59 Å². The molecule has 4 saturated carbocycles. The van der Waals surface area contributed by atoms with Crippen LogP contribution in [0.15, 0.2) is 0 Å². The number of rotatable bonds is 4. The first kappa shape index (κ1) is 19.2. The molecular formula is C13H15F2NaO6S. The Balaban J connectivity index is 0.00000192. The maximum atomic E-state index is 13.1. The number of ketones is 1. The maximum absolute atomic E-state index is 13.1. The second-order valence-electron chi connectivity index (χ2n) is 6.69. The van der Waals surface area contributed by atoms with Crippen molar-refractivity contribution in [2.24, 2.45) is 23.2 Å². The van der Waals surface area contributed by atoms with Gasteiger partial charge in [0.2, 0.25) is 0 Å². The molecule has 10 heteroatoms. The first-order valence-corrected chi connectivity index (χ1v) is 8.49. The van der Waals surface area contributed by atoms with Crippen molar-refractivity contribution in [2.45, 2.75) is 37.4 Å². The van der Waals surface area contributed by atoms with Gasteiger partial charge in [0.15, 0.2) is 16.7 Å². The van der Waals surface area contributed by atoms with Gasteiger partial charge in [-0.15, -0.1) is 0 Å². The van der Waals surface area contributed by atoms with Crippen LogP contribution < -0.4 is 29.6 Å². The second kappa shape index (κ2) is 6.01. The van der Waals surface area contributed by atoms with E-state index < -0.39 is 33.4 Å². The van der Waals surface area contributed by atoms with Crippen molar-refractivity contribution in [3.05, 3.63) is 0 Å². The molecule has 124 valence electrons. The van der Waals surface area contributed by atoms with Gasteiger partial charge in [-0.05, 0) is 38.0 Å². The summed E-state index contributed by atoms with van der Waals surface area (Å²) in [5, 5.41) is -4.64. The van der Waals surface area contributed by atoms with Crippen LogP contribution in [0, 0.1) is 23.2 Å². The Bertz CT molecular complexity index is 616. The van der Waals surface area contributed by atoms with Gasteiger partial charge >= 0.3 is 40.8 Å². The Labute approximate surface area is 154 Å². The van der Waals surface area contributed by atoms with Crippen LogP contribution in [0.1, 0.15) is 32.1 Å². The van der Waals surface area contributed by atoms with Gasteiger partial charge in [0, 0.05) is 11.8 Å². The van der Waals surface area contributed by atoms with E-state index in [4.69, 9.17) is 0 Å². The molecule has 0 aliphatic heterocycles. The number of alkyl halides is 2. The Morgan fingerprint density at radius 1 is 1.26 bits per heavy atom. The number of carbonyl (C=O) groups excluding carboxylic acids is 2. The van der Waals surface area contributed by atoms with E-state index in [1.54, 1.807) is 0 Å². The predicted molar refractivity (Wildman–Crippen MR) is 66.6 cm³/mol. The van der Waals surface area contributed by atoms with E-state index in [9.17, 15) is 31.3 Å². The smallest absolute Gasteiger partial charge is 0.743 e. The summed E-state index contributed by atoms with van der Waals surface area (Å²) in [5.74, 6) is -1.05. The molecule has 4 aliphatic carbocycles. The summed E-state index contributed by atoms with van der Waals surface area (Å²) in [5.41, 5.74) is -0.979. The summed E-state index contributed by atoms with van der Waals surface area (Å²) in [6, 6.07) is 0. The number of hydrogen-bond acceptors (Lipinski definition) is 6. The third kappa shape index (κ3) is 3.22. The molecule has 23 heavy (non-hydrogen) atoms. The molecule has 2 unspecified atom stereocenters. The average molecular weight is 360 g/mol. The zero-order chi connectivity index (χ0) is 16.3. The van der Waals surface area contributed by atoms with E-state index >= 15 is 0 Å². The second-order valence-corrected chi connectivity index (χ2v) is 8.20. The van der Waals surface area contributed by atoms with E-state index in [2.05, 4.69) is 4.74 Å². The van der Waals surface area contributed by atoms with Crippen molar-refractivity contribution in [3.8, 4) is 0 Å². The van der Waals surface area contributed by atoms with Crippen LogP contribution in [0.4, 0.5) is 8.78 Å². The van der Waals surface area contributed by atoms with Gasteiger partial charge in [0.25, 0.3) is 0 Å². The molecule has 0 aromatic carbocycles. The topological polar surface area (TPSA) is 101 Å². The predicted octanol–water partition coefficient (Wildman–Crippen LogP) is -1.93. The number of carbonyl (C=O) groups is 2. The standard InChI is InChI=1S/C13H16F2O6S.Na/c14-13(15,22(18,19)20)6-21-11(17)12-3-7-1-8(4-12)10(16)9(2-7)5-12;/h7-9H,1-6H2,(H,18,19,20);/q;+1/p-1. The van der Waals surface area contributed by atoms with Crippen LogP contribution in [0.3, 0.4) is 0 Å². The summed E-state index contributed by atoms with van der Waals surface area (Å²) in [6.45, 7) is -1.77. The van der Waals surface area contributed by atoms with Crippen molar-refractivity contribution in [2.75, 3.05) is 6.61 Å². The Morgan fingerprint density at radius 2 is 1.78 bits per heavy atom. The van der Waals surface area contributed by atoms with Crippen LogP contribution in [0.5, 0.6) is 0 Å². The maximum Gasteiger partial charge on any atom is 1.00 e. The Kier molecular flexibility index (Phi) is 5.03. The summed E-state index contributed by atoms with van der Waals surface area (Å²) in [6.07, 6.45) is 2.45. The molecule has 4 fully saturated rings. The first-order valence-electron chi connectivity index (χ1n) is 7.08. The summed E-state index contributed by atoms with van der Waals surface area (Å²) >= 11 is 0. The average Bonchev–Trinajstić information content (AvgIpc) is 2.39. The van der Waals surface area contributed by atoms with Crippen LogP contribution in [0.25, 0.3) is 0 Å². The molecule has 4 bridgehead atoms. The molecule has 0 aromatic rings. The number of halogens is 2. The van der Waals surface area contributed by atoms with Crippen molar-refractivity contribution in [1.29, 1.82) is 0 Å². The zero-order valence-electron chi connectivity index (χ0n) is 12.6. The van der Waals surface area contributed by atoms with Gasteiger partial charge < -0.3 is 9.29 Å². The van der Waals surface area contributed by atoms with Gasteiger partial charge in [-0.1, -0.05) is 0 Å². The van der Waals surface area contributed by atoms with Crippen LogP contribution in [0.2, 0.25) is 0 Å². The fourth-order valence-corrected chi connectivity index (χ4v) is 4.58. The van der Waals surface area contributed by atoms with Crippen LogP contribution in [-0.4, -0.2) is 36.6 Å². The third-order valence-electron chi connectivity index (χ3n) is 5.16. The van der Waals surface area contributed by atoms with Gasteiger partial charge in [-0.2, -0.15) is 8.78 Å². The molecule has 0 radical (unpaired) electrons. The first-order chi connectivity index (χ1) is 10.0. The van der Waals surface area contributed by atoms with Crippen molar-refractivity contribution in [3.63, 3.8) is 0 Å². The van der Waals surface area contributed by atoms with E-state index in [-0.39, 0.29) is 65.9 Å². The molecular weight excluding hydrogens is 345 g/mol. The molecule has 0 aromatic heterocycles. The van der Waals surface area contributed by atoms with Crippen molar-refractivity contribution < 1.29 is 65.6 Å². The number of hydrogen-bond donors (Lipinski definition) is 0. The molecule has 4 rings (SSSR count). The van der Waals surface area contributed by atoms with Crippen LogP contribution in [-0.2, 0) is 24.4 Å². The minimum absolute atomic E-state index is 0. The van der Waals surface area contributed by atoms with Crippen LogP contribution >= 0.6 is 0 Å². The zero-order valence-corrected chi connectivity index (χ0v) is 15.4. The monoisotopic (exact) mass is 360 g/mol. The molecule has 0 amide bonds. The van der Waals surface area contributed by atoms with Crippen molar-refractivity contribution in [1.82, 2.24) is 0 Å². The van der Waals surface area contributed by atoms with Gasteiger partial charge in [0.05, 0.1) is 5.41 Å². The van der Waals surface area contributed by atoms with E-state index in [0.717, 1.165) is 12.8 Å². The fourth-order valence-electron chi connectivity index (χ4n) is 4.37. The minimum atomic E-state index is -5.88. The summed E-state index contributed by atoms with van der Waals surface area (Å²) in [4.78, 5) is 24.2. The largest absolute Gasteiger partial charge is 1.00 e. The molecule has 0 spiro atoms. The molecule has 6 nitrogen and oxygen atoms in total. The Hall–Kier alpha value is -0.0900. The number of esters is 1.